The first-order valence-electron chi connectivity index (χ1n) is 5.48. The molecule has 0 radical (unpaired) electrons. The van der Waals surface area contributed by atoms with Crippen LogP contribution in [-0.2, 0) is 11.2 Å². The smallest absolute Gasteiger partial charge is 0.226 e. The fourth-order valence-electron chi connectivity index (χ4n) is 1.48. The lowest BCUT2D eigenvalue weighted by Crippen LogP contribution is -2.12. The quantitative estimate of drug-likeness (QED) is 0.939. The van der Waals surface area contributed by atoms with E-state index in [2.05, 4.69) is 31.4 Å². The van der Waals surface area contributed by atoms with E-state index in [-0.39, 0.29) is 5.91 Å². The topological polar surface area (TPSA) is 54.9 Å². The van der Waals surface area contributed by atoms with Gasteiger partial charge in [0.15, 0.2) is 0 Å². The minimum atomic E-state index is -0.0399. The lowest BCUT2D eigenvalue weighted by atomic mass is 10.1. The number of benzene rings is 1. The Morgan fingerprint density at radius 3 is 2.83 bits per heavy atom. The molecule has 0 aliphatic heterocycles. The second-order valence-electron chi connectivity index (χ2n) is 3.77. The maximum Gasteiger partial charge on any atom is 0.226 e. The van der Waals surface area contributed by atoms with Gasteiger partial charge in [0, 0.05) is 10.9 Å². The third kappa shape index (κ3) is 3.61. The lowest BCUT2D eigenvalue weighted by Gasteiger charge is -2.03. The van der Waals surface area contributed by atoms with Crippen LogP contribution < -0.4 is 5.32 Å². The van der Waals surface area contributed by atoms with E-state index in [9.17, 15) is 4.79 Å². The molecule has 0 atom stereocenters. The number of carbonyl (C=O) groups is 1. The summed E-state index contributed by atoms with van der Waals surface area (Å²) in [6, 6.07) is 7.90. The van der Waals surface area contributed by atoms with E-state index in [1.165, 1.54) is 11.3 Å². The highest BCUT2D eigenvalue weighted by Crippen LogP contribution is 2.18. The number of amides is 1. The Morgan fingerprint density at radius 2 is 2.17 bits per heavy atom. The van der Waals surface area contributed by atoms with Gasteiger partial charge in [-0.25, -0.2) is 0 Å². The van der Waals surface area contributed by atoms with Gasteiger partial charge in [-0.1, -0.05) is 45.5 Å². The number of hydrogen-bond acceptors (Lipinski definition) is 4. The highest BCUT2D eigenvalue weighted by molar-refractivity contribution is 9.10. The molecular weight excluding hydrogens is 314 g/mol. The number of nitrogens with one attached hydrogen (secondary N) is 1. The third-order valence-electron chi connectivity index (χ3n) is 2.35. The number of nitrogens with zero attached hydrogens (tertiary/aromatic N) is 2. The second-order valence-corrected chi connectivity index (χ2v) is 5.80. The predicted octanol–water partition coefficient (Wildman–Crippen LogP) is 3.18. The molecule has 6 heteroatoms. The Balaban J connectivity index is 1.87. The Morgan fingerprint density at radius 1 is 1.39 bits per heavy atom. The first-order valence-corrected chi connectivity index (χ1v) is 7.09. The number of carbonyl (C=O) groups excluding carboxylic acids is 1. The summed E-state index contributed by atoms with van der Waals surface area (Å²) < 4.78 is 1.03. The van der Waals surface area contributed by atoms with Crippen LogP contribution in [0.3, 0.4) is 0 Å². The van der Waals surface area contributed by atoms with Crippen LogP contribution >= 0.6 is 27.3 Å². The van der Waals surface area contributed by atoms with E-state index in [1.54, 1.807) is 0 Å². The number of aryl methyl sites for hydroxylation is 2. The molecule has 0 saturated heterocycles. The van der Waals surface area contributed by atoms with Crippen LogP contribution in [0.1, 0.15) is 17.0 Å². The third-order valence-corrected chi connectivity index (χ3v) is 3.88. The van der Waals surface area contributed by atoms with Crippen LogP contribution in [0.5, 0.6) is 0 Å². The largest absolute Gasteiger partial charge is 0.301 e. The van der Waals surface area contributed by atoms with Crippen molar-refractivity contribution in [3.05, 3.63) is 39.3 Å². The highest BCUT2D eigenvalue weighted by atomic mass is 79.9. The summed E-state index contributed by atoms with van der Waals surface area (Å²) in [6.07, 6.45) is 1.13. The Hall–Kier alpha value is -1.27. The molecule has 0 unspecified atom stereocenters. The lowest BCUT2D eigenvalue weighted by molar-refractivity contribution is -0.116. The van der Waals surface area contributed by atoms with Gasteiger partial charge >= 0.3 is 0 Å². The van der Waals surface area contributed by atoms with Gasteiger partial charge in [0.2, 0.25) is 11.0 Å². The highest BCUT2D eigenvalue weighted by Gasteiger charge is 2.07. The molecule has 0 spiro atoms. The van der Waals surface area contributed by atoms with Crippen LogP contribution in [0.25, 0.3) is 0 Å². The average Bonchev–Trinajstić information content (AvgIpc) is 2.74. The van der Waals surface area contributed by atoms with Crippen LogP contribution in [-0.4, -0.2) is 16.1 Å². The zero-order valence-electron chi connectivity index (χ0n) is 9.81. The molecule has 1 aromatic heterocycles. The Bertz CT molecular complexity index is 556. The first kappa shape index (κ1) is 13.2. The fraction of sp³-hybridized carbons (Fsp3) is 0.250. The predicted molar refractivity (Wildman–Crippen MR) is 75.7 cm³/mol. The monoisotopic (exact) mass is 325 g/mol. The molecule has 0 fully saturated rings. The molecule has 18 heavy (non-hydrogen) atoms. The summed E-state index contributed by atoms with van der Waals surface area (Å²) >= 11 is 4.84. The zero-order chi connectivity index (χ0) is 13.0. The van der Waals surface area contributed by atoms with Gasteiger partial charge in [-0.2, -0.15) is 0 Å². The van der Waals surface area contributed by atoms with Crippen LogP contribution in [0.15, 0.2) is 28.7 Å². The van der Waals surface area contributed by atoms with E-state index in [0.29, 0.717) is 18.0 Å². The molecule has 0 aliphatic rings. The number of rotatable bonds is 4. The number of hydrogen-bond donors (Lipinski definition) is 1. The number of aromatic nitrogens is 2. The van der Waals surface area contributed by atoms with E-state index in [1.807, 2.05) is 31.2 Å². The Kier molecular flexibility index (Phi) is 4.43. The van der Waals surface area contributed by atoms with Crippen LogP contribution in [0, 0.1) is 6.92 Å². The van der Waals surface area contributed by atoms with Gasteiger partial charge in [-0.05, 0) is 25.0 Å². The summed E-state index contributed by atoms with van der Waals surface area (Å²) in [5.41, 5.74) is 1.13. The molecule has 2 rings (SSSR count). The number of halogens is 1. The minimum absolute atomic E-state index is 0.0399. The molecule has 2 aromatic rings. The normalized spacial score (nSPS) is 10.3. The van der Waals surface area contributed by atoms with Crippen LogP contribution in [0.4, 0.5) is 5.13 Å². The summed E-state index contributed by atoms with van der Waals surface area (Å²) in [5, 5.41) is 11.9. The molecule has 0 bridgehead atoms. The van der Waals surface area contributed by atoms with Crippen molar-refractivity contribution in [2.45, 2.75) is 19.8 Å². The minimum Gasteiger partial charge on any atom is -0.301 e. The van der Waals surface area contributed by atoms with E-state index in [4.69, 9.17) is 0 Å². The summed E-state index contributed by atoms with van der Waals surface area (Å²) in [7, 11) is 0. The second kappa shape index (κ2) is 6.06. The van der Waals surface area contributed by atoms with E-state index in [0.717, 1.165) is 15.0 Å². The number of anilines is 1. The fourth-order valence-corrected chi connectivity index (χ4v) is 2.57. The van der Waals surface area contributed by atoms with Crippen molar-refractivity contribution in [1.29, 1.82) is 0 Å². The molecule has 1 aromatic carbocycles. The van der Waals surface area contributed by atoms with E-state index >= 15 is 0 Å². The van der Waals surface area contributed by atoms with Crippen molar-refractivity contribution < 1.29 is 4.79 Å². The molecule has 4 nitrogen and oxygen atoms in total. The van der Waals surface area contributed by atoms with Crippen molar-refractivity contribution in [3.63, 3.8) is 0 Å². The molecule has 1 amide bonds. The molecule has 1 heterocycles. The molecule has 94 valence electrons. The van der Waals surface area contributed by atoms with Gasteiger partial charge in [-0.15, -0.1) is 10.2 Å². The van der Waals surface area contributed by atoms with Gasteiger partial charge in [0.05, 0.1) is 0 Å². The van der Waals surface area contributed by atoms with Gasteiger partial charge in [0.1, 0.15) is 5.01 Å². The van der Waals surface area contributed by atoms with Gasteiger partial charge in [-0.3, -0.25) is 4.79 Å². The first-order chi connectivity index (χ1) is 8.65. The molecular formula is C12H12BrN3OS. The molecule has 0 saturated carbocycles. The van der Waals surface area contributed by atoms with Crippen molar-refractivity contribution in [2.24, 2.45) is 0 Å². The summed E-state index contributed by atoms with van der Waals surface area (Å²) in [5.74, 6) is -0.0399. The SMILES string of the molecule is Cc1nnc(NC(=O)CCc2ccccc2Br)s1. The molecule has 1 N–H and O–H groups in total. The summed E-state index contributed by atoms with van der Waals surface area (Å²) in [6.45, 7) is 1.86. The van der Waals surface area contributed by atoms with Crippen molar-refractivity contribution in [2.75, 3.05) is 5.32 Å². The Labute approximate surface area is 118 Å². The zero-order valence-corrected chi connectivity index (χ0v) is 12.2. The van der Waals surface area contributed by atoms with Crippen LogP contribution in [0.2, 0.25) is 0 Å². The maximum absolute atomic E-state index is 11.7. The standard InChI is InChI=1S/C12H12BrN3OS/c1-8-15-16-12(18-8)14-11(17)7-6-9-4-2-3-5-10(9)13/h2-5H,6-7H2,1H3,(H,14,16,17). The molecule has 0 aliphatic carbocycles. The van der Waals surface area contributed by atoms with Crippen molar-refractivity contribution >= 4 is 38.3 Å². The van der Waals surface area contributed by atoms with Gasteiger partial charge < -0.3 is 5.32 Å². The van der Waals surface area contributed by atoms with Crippen molar-refractivity contribution in [3.8, 4) is 0 Å². The average molecular weight is 326 g/mol. The summed E-state index contributed by atoms with van der Waals surface area (Å²) in [4.78, 5) is 11.7. The van der Waals surface area contributed by atoms with E-state index < -0.39 is 0 Å². The van der Waals surface area contributed by atoms with Gasteiger partial charge in [0.25, 0.3) is 0 Å². The van der Waals surface area contributed by atoms with Crippen molar-refractivity contribution in [1.82, 2.24) is 10.2 Å². The maximum atomic E-state index is 11.7.